The molecule has 1 N–H and O–H groups in total. The van der Waals surface area contributed by atoms with Crippen LogP contribution in [0.5, 0.6) is 5.75 Å². The van der Waals surface area contributed by atoms with Gasteiger partial charge in [-0.2, -0.15) is 5.10 Å². The molecule has 2 aliphatic carbocycles. The van der Waals surface area contributed by atoms with Gasteiger partial charge in [-0.1, -0.05) is 11.6 Å². The molecular formula is C31H31ClFN5O4. The highest BCUT2D eigenvalue weighted by atomic mass is 35.5. The van der Waals surface area contributed by atoms with Gasteiger partial charge in [0.1, 0.15) is 0 Å². The van der Waals surface area contributed by atoms with Crippen LogP contribution in [-0.4, -0.2) is 51.4 Å². The number of benzene rings is 2. The molecule has 2 aromatic carbocycles. The summed E-state index contributed by atoms with van der Waals surface area (Å²) >= 11 is 6.38. The Hall–Kier alpha value is -4.05. The van der Waals surface area contributed by atoms with Crippen molar-refractivity contribution in [1.29, 1.82) is 0 Å². The Morgan fingerprint density at radius 1 is 1.12 bits per heavy atom. The fraction of sp³-hybridized carbons (Fsp3) is 0.387. The number of hydrogen-bond acceptors (Lipinski definition) is 7. The Kier molecular flexibility index (Phi) is 7.57. The lowest BCUT2D eigenvalue weighted by Crippen LogP contribution is -2.56. The second kappa shape index (κ2) is 11.3. The first-order chi connectivity index (χ1) is 20.2. The van der Waals surface area contributed by atoms with E-state index in [0.717, 1.165) is 43.1 Å². The van der Waals surface area contributed by atoms with E-state index in [1.807, 2.05) is 0 Å². The van der Waals surface area contributed by atoms with Crippen molar-refractivity contribution >= 4 is 34.4 Å². The molecule has 218 valence electrons. The highest BCUT2D eigenvalue weighted by Gasteiger charge is 2.52. The average molecular weight is 592 g/mol. The molecule has 2 heterocycles. The molecule has 0 radical (unpaired) electrons. The lowest BCUT2D eigenvalue weighted by Gasteiger charge is -2.58. The Labute approximate surface area is 247 Å². The fourth-order valence-corrected chi connectivity index (χ4v) is 6.70. The van der Waals surface area contributed by atoms with E-state index in [1.165, 1.54) is 20.1 Å². The lowest BCUT2D eigenvalue weighted by atomic mass is 9.49. The maximum absolute atomic E-state index is 13.8. The molecule has 0 saturated heterocycles. The number of amides is 1. The number of fused-ring (bicyclic) bond motifs is 1. The average Bonchev–Trinajstić information content (AvgIpc) is 3.32. The van der Waals surface area contributed by atoms with Gasteiger partial charge in [0, 0.05) is 46.9 Å². The number of methoxy groups -OCH3 is 1. The van der Waals surface area contributed by atoms with E-state index in [4.69, 9.17) is 21.1 Å². The summed E-state index contributed by atoms with van der Waals surface area (Å²) in [6.07, 6.45) is 10.1. The smallest absolute Gasteiger partial charge is 0.302 e. The Morgan fingerprint density at radius 3 is 2.60 bits per heavy atom. The normalized spacial score (nSPS) is 21.0. The third kappa shape index (κ3) is 5.68. The second-order valence-electron chi connectivity index (χ2n) is 11.4. The molecule has 0 bridgehead atoms. The van der Waals surface area contributed by atoms with Crippen molar-refractivity contribution in [3.8, 4) is 17.1 Å². The summed E-state index contributed by atoms with van der Waals surface area (Å²) in [6, 6.07) is 8.06. The van der Waals surface area contributed by atoms with Crippen LogP contribution >= 0.6 is 11.6 Å². The molecule has 6 rings (SSSR count). The van der Waals surface area contributed by atoms with Gasteiger partial charge in [-0.15, -0.1) is 0 Å². The van der Waals surface area contributed by atoms with E-state index in [-0.39, 0.29) is 23.7 Å². The maximum Gasteiger partial charge on any atom is 0.302 e. The van der Waals surface area contributed by atoms with Crippen molar-refractivity contribution in [2.75, 3.05) is 13.7 Å². The molecule has 2 fully saturated rings. The van der Waals surface area contributed by atoms with Crippen LogP contribution in [0.2, 0.25) is 5.02 Å². The minimum Gasteiger partial charge on any atom is -0.494 e. The summed E-state index contributed by atoms with van der Waals surface area (Å²) in [7, 11) is 1.41. The van der Waals surface area contributed by atoms with Crippen molar-refractivity contribution in [2.24, 2.45) is 11.3 Å². The van der Waals surface area contributed by atoms with E-state index in [0.29, 0.717) is 52.0 Å². The Morgan fingerprint density at radius 2 is 1.88 bits per heavy atom. The number of nitrogens with zero attached hydrogens (tertiary/aromatic N) is 4. The van der Waals surface area contributed by atoms with Crippen LogP contribution in [0.25, 0.3) is 22.3 Å². The predicted octanol–water partition coefficient (Wildman–Crippen LogP) is 5.58. The largest absolute Gasteiger partial charge is 0.494 e. The van der Waals surface area contributed by atoms with E-state index >= 15 is 0 Å². The van der Waals surface area contributed by atoms with Gasteiger partial charge < -0.3 is 14.8 Å². The van der Waals surface area contributed by atoms with Crippen molar-refractivity contribution in [2.45, 2.75) is 51.6 Å². The molecular weight excluding hydrogens is 561 g/mol. The number of carbonyl (C=O) groups excluding carboxylic acids is 2. The number of rotatable bonds is 9. The van der Waals surface area contributed by atoms with Crippen molar-refractivity contribution in [3.63, 3.8) is 0 Å². The molecule has 1 spiro atoms. The molecule has 4 aromatic rings. The molecule has 2 aliphatic rings. The minimum atomic E-state index is -0.454. The zero-order chi connectivity index (χ0) is 29.4. The Balaban J connectivity index is 1.12. The molecule has 11 heteroatoms. The first kappa shape index (κ1) is 28.1. The fourth-order valence-electron chi connectivity index (χ4n) is 6.47. The molecule has 2 aromatic heterocycles. The lowest BCUT2D eigenvalue weighted by molar-refractivity contribution is -0.142. The zero-order valence-corrected chi connectivity index (χ0v) is 24.2. The van der Waals surface area contributed by atoms with Gasteiger partial charge >= 0.3 is 5.97 Å². The molecule has 2 saturated carbocycles. The van der Waals surface area contributed by atoms with Crippen LogP contribution in [0, 0.1) is 17.2 Å². The van der Waals surface area contributed by atoms with E-state index < -0.39 is 5.82 Å². The van der Waals surface area contributed by atoms with Crippen LogP contribution in [0.4, 0.5) is 4.39 Å². The number of ether oxygens (including phenoxy) is 2. The summed E-state index contributed by atoms with van der Waals surface area (Å²) in [5.74, 6) is 0.282. The van der Waals surface area contributed by atoms with Gasteiger partial charge in [0.2, 0.25) is 0 Å². The van der Waals surface area contributed by atoms with Gasteiger partial charge in [-0.3, -0.25) is 14.3 Å². The summed E-state index contributed by atoms with van der Waals surface area (Å²) in [5.41, 5.74) is 2.88. The number of carbonyl (C=O) groups is 2. The molecule has 0 atom stereocenters. The zero-order valence-electron chi connectivity index (χ0n) is 23.4. The number of esters is 1. The number of hydrogen-bond donors (Lipinski definition) is 1. The van der Waals surface area contributed by atoms with Crippen molar-refractivity contribution < 1.29 is 23.5 Å². The molecule has 42 heavy (non-hydrogen) atoms. The summed E-state index contributed by atoms with van der Waals surface area (Å²) < 4.78 is 25.7. The molecule has 1 amide bonds. The van der Waals surface area contributed by atoms with Crippen LogP contribution in [0.15, 0.2) is 48.9 Å². The number of aromatic nitrogens is 4. The number of halogens is 2. The number of nitrogens with one attached hydrogen (secondary N) is 1. The van der Waals surface area contributed by atoms with E-state index in [9.17, 15) is 14.0 Å². The first-order valence-corrected chi connectivity index (χ1v) is 14.3. The van der Waals surface area contributed by atoms with Gasteiger partial charge in [-0.25, -0.2) is 14.4 Å². The standard InChI is InChI=1S/C31H31ClFN5O4/c1-18(39)42-6-5-19-10-31(11-19)12-24(13-31)37-30(40)25-9-23(32)7-22-16-36-38(28(22)25)17-20-14-34-29(35-15-20)21-3-4-26(33)27(8-21)41-2/h3-4,7-9,14-16,19,24H,5-6,10-13,17H2,1-2H3,(H,37,40). The topological polar surface area (TPSA) is 108 Å². The van der Waals surface area contributed by atoms with Crippen molar-refractivity contribution in [1.82, 2.24) is 25.1 Å². The first-order valence-electron chi connectivity index (χ1n) is 14.0. The monoisotopic (exact) mass is 591 g/mol. The summed E-state index contributed by atoms with van der Waals surface area (Å²) in [5, 5.41) is 8.96. The molecule has 0 aliphatic heterocycles. The highest BCUT2D eigenvalue weighted by Crippen LogP contribution is 2.59. The van der Waals surface area contributed by atoms with Crippen molar-refractivity contribution in [3.05, 3.63) is 70.9 Å². The van der Waals surface area contributed by atoms with E-state index in [1.54, 1.807) is 47.5 Å². The van der Waals surface area contributed by atoms with Crippen LogP contribution in [0.1, 0.15) is 54.9 Å². The predicted molar refractivity (Wildman–Crippen MR) is 155 cm³/mol. The van der Waals surface area contributed by atoms with Gasteiger partial charge in [0.05, 0.1) is 37.5 Å². The van der Waals surface area contributed by atoms with Gasteiger partial charge in [0.25, 0.3) is 5.91 Å². The summed E-state index contributed by atoms with van der Waals surface area (Å²) in [4.78, 5) is 33.3. The highest BCUT2D eigenvalue weighted by molar-refractivity contribution is 6.32. The molecule has 0 unspecified atom stereocenters. The maximum atomic E-state index is 13.8. The van der Waals surface area contributed by atoms with E-state index in [2.05, 4.69) is 20.4 Å². The molecule has 9 nitrogen and oxygen atoms in total. The van der Waals surface area contributed by atoms with Crippen LogP contribution in [-0.2, 0) is 16.1 Å². The third-order valence-electron chi connectivity index (χ3n) is 8.36. The quantitative estimate of drug-likeness (QED) is 0.253. The SMILES string of the molecule is COc1cc(-c2ncc(Cn3ncc4cc(Cl)cc(C(=O)NC5CC6(CC(CCOC(C)=O)C6)C5)c43)cn2)ccc1F. The minimum absolute atomic E-state index is 0.114. The summed E-state index contributed by atoms with van der Waals surface area (Å²) in [6.45, 7) is 2.26. The van der Waals surface area contributed by atoms with Crippen LogP contribution < -0.4 is 10.1 Å². The third-order valence-corrected chi connectivity index (χ3v) is 8.58. The van der Waals surface area contributed by atoms with Gasteiger partial charge in [0.15, 0.2) is 17.4 Å². The van der Waals surface area contributed by atoms with Crippen LogP contribution in [0.3, 0.4) is 0 Å². The second-order valence-corrected chi connectivity index (χ2v) is 11.9. The Bertz CT molecular complexity index is 1640. The van der Waals surface area contributed by atoms with Gasteiger partial charge in [-0.05, 0) is 73.8 Å².